The molecule has 1 saturated heterocycles. The Labute approximate surface area is 113 Å². The fraction of sp³-hybridized carbons (Fsp3) is 0.600. The molecule has 2 atom stereocenters. The first kappa shape index (κ1) is 14.4. The molecule has 1 fully saturated rings. The smallest absolute Gasteiger partial charge is 0.130 e. The highest BCUT2D eigenvalue weighted by atomic mass is 19.1. The zero-order chi connectivity index (χ0) is 13.8. The summed E-state index contributed by atoms with van der Waals surface area (Å²) in [5.74, 6) is -0.985. The lowest BCUT2D eigenvalue weighted by Gasteiger charge is -2.32. The molecule has 1 aromatic rings. The molecular formula is C15H22F2N2. The van der Waals surface area contributed by atoms with Crippen LogP contribution in [-0.2, 0) is 0 Å². The molecule has 106 valence electrons. The lowest BCUT2D eigenvalue weighted by Crippen LogP contribution is -2.43. The van der Waals surface area contributed by atoms with Gasteiger partial charge >= 0.3 is 0 Å². The van der Waals surface area contributed by atoms with Crippen molar-refractivity contribution in [3.05, 3.63) is 35.4 Å². The molecular weight excluding hydrogens is 246 g/mol. The number of nitrogens with zero attached hydrogens (tertiary/aromatic N) is 1. The van der Waals surface area contributed by atoms with Crippen LogP contribution < -0.4 is 5.32 Å². The third kappa shape index (κ3) is 3.74. The van der Waals surface area contributed by atoms with Crippen LogP contribution in [0.2, 0.25) is 0 Å². The summed E-state index contributed by atoms with van der Waals surface area (Å²) in [5.41, 5.74) is 0.555. The van der Waals surface area contributed by atoms with Crippen molar-refractivity contribution in [2.24, 2.45) is 0 Å². The van der Waals surface area contributed by atoms with Crippen LogP contribution >= 0.6 is 0 Å². The summed E-state index contributed by atoms with van der Waals surface area (Å²) in [6, 6.07) is 4.24. The summed E-state index contributed by atoms with van der Waals surface area (Å²) in [6.45, 7) is 3.91. The summed E-state index contributed by atoms with van der Waals surface area (Å²) in [5, 5.41) is 3.48. The maximum absolute atomic E-state index is 13.8. The number of piperidine rings is 1. The van der Waals surface area contributed by atoms with Crippen molar-refractivity contribution in [3.8, 4) is 0 Å². The summed E-state index contributed by atoms with van der Waals surface area (Å²) >= 11 is 0. The Balaban J connectivity index is 1.99. The Kier molecular flexibility index (Phi) is 4.88. The first-order valence-electron chi connectivity index (χ1n) is 6.96. The monoisotopic (exact) mass is 268 g/mol. The van der Waals surface area contributed by atoms with E-state index in [4.69, 9.17) is 0 Å². The molecule has 2 unspecified atom stereocenters. The van der Waals surface area contributed by atoms with Gasteiger partial charge in [-0.1, -0.05) is 12.5 Å². The van der Waals surface area contributed by atoms with E-state index >= 15 is 0 Å². The number of likely N-dealkylation sites (N-methyl/N-ethyl adjacent to an activating group) is 1. The Hall–Kier alpha value is -1.00. The largest absolute Gasteiger partial charge is 0.313 e. The highest BCUT2D eigenvalue weighted by Crippen LogP contribution is 2.23. The van der Waals surface area contributed by atoms with E-state index < -0.39 is 11.6 Å². The third-order valence-electron chi connectivity index (χ3n) is 3.99. The highest BCUT2D eigenvalue weighted by molar-refractivity contribution is 5.21. The molecule has 0 aliphatic carbocycles. The fourth-order valence-electron chi connectivity index (χ4n) is 2.66. The van der Waals surface area contributed by atoms with Crippen molar-refractivity contribution in [2.75, 3.05) is 20.1 Å². The van der Waals surface area contributed by atoms with Crippen LogP contribution in [0.15, 0.2) is 18.2 Å². The van der Waals surface area contributed by atoms with Crippen LogP contribution in [-0.4, -0.2) is 31.1 Å². The van der Waals surface area contributed by atoms with E-state index in [9.17, 15) is 8.78 Å². The average Bonchev–Trinajstić information content (AvgIpc) is 2.39. The normalized spacial score (nSPS) is 21.6. The van der Waals surface area contributed by atoms with Gasteiger partial charge in [-0.15, -0.1) is 0 Å². The predicted molar refractivity (Wildman–Crippen MR) is 73.0 cm³/mol. The number of benzene rings is 1. The zero-order valence-electron chi connectivity index (χ0n) is 11.6. The standard InChI is InChI=1S/C15H22F2N2/c1-11(14-7-6-12(16)9-15(14)17)19(2)10-13-5-3-4-8-18-13/h6-7,9,11,13,18H,3-5,8,10H2,1-2H3. The van der Waals surface area contributed by atoms with E-state index in [2.05, 4.69) is 10.2 Å². The second-order valence-electron chi connectivity index (χ2n) is 5.43. The molecule has 0 bridgehead atoms. The van der Waals surface area contributed by atoms with Gasteiger partial charge in [0, 0.05) is 30.3 Å². The fourth-order valence-corrected chi connectivity index (χ4v) is 2.66. The van der Waals surface area contributed by atoms with E-state index in [0.29, 0.717) is 11.6 Å². The quantitative estimate of drug-likeness (QED) is 0.902. The lowest BCUT2D eigenvalue weighted by atomic mass is 10.0. The van der Waals surface area contributed by atoms with E-state index in [1.165, 1.54) is 25.3 Å². The molecule has 0 saturated carbocycles. The molecule has 0 spiro atoms. The van der Waals surface area contributed by atoms with Crippen LogP contribution in [0.1, 0.15) is 37.8 Å². The molecule has 1 N–H and O–H groups in total. The van der Waals surface area contributed by atoms with Crippen molar-refractivity contribution in [1.29, 1.82) is 0 Å². The first-order chi connectivity index (χ1) is 9.08. The number of rotatable bonds is 4. The van der Waals surface area contributed by atoms with Gasteiger partial charge in [-0.25, -0.2) is 8.78 Å². The average molecular weight is 268 g/mol. The van der Waals surface area contributed by atoms with E-state index in [1.807, 2.05) is 14.0 Å². The first-order valence-corrected chi connectivity index (χ1v) is 6.96. The number of halogens is 2. The number of hydrogen-bond donors (Lipinski definition) is 1. The van der Waals surface area contributed by atoms with Gasteiger partial charge in [0.1, 0.15) is 11.6 Å². The summed E-state index contributed by atoms with van der Waals surface area (Å²) < 4.78 is 26.7. The second kappa shape index (κ2) is 6.44. The molecule has 1 aliphatic heterocycles. The van der Waals surface area contributed by atoms with Crippen molar-refractivity contribution in [3.63, 3.8) is 0 Å². The van der Waals surface area contributed by atoms with Gasteiger partial charge in [0.15, 0.2) is 0 Å². The van der Waals surface area contributed by atoms with Gasteiger partial charge in [0.25, 0.3) is 0 Å². The van der Waals surface area contributed by atoms with E-state index in [-0.39, 0.29) is 6.04 Å². The molecule has 4 heteroatoms. The number of nitrogens with one attached hydrogen (secondary N) is 1. The molecule has 0 amide bonds. The SMILES string of the molecule is CC(c1ccc(F)cc1F)N(C)CC1CCCCN1. The summed E-state index contributed by atoms with van der Waals surface area (Å²) in [7, 11) is 1.99. The van der Waals surface area contributed by atoms with Crippen molar-refractivity contribution < 1.29 is 8.78 Å². The third-order valence-corrected chi connectivity index (χ3v) is 3.99. The topological polar surface area (TPSA) is 15.3 Å². The minimum Gasteiger partial charge on any atom is -0.313 e. The van der Waals surface area contributed by atoms with Crippen LogP contribution in [0.25, 0.3) is 0 Å². The van der Waals surface area contributed by atoms with E-state index in [1.54, 1.807) is 6.07 Å². The molecule has 2 nitrogen and oxygen atoms in total. The predicted octanol–water partition coefficient (Wildman–Crippen LogP) is 3.10. The molecule has 19 heavy (non-hydrogen) atoms. The maximum atomic E-state index is 13.8. The molecule has 1 aliphatic rings. The molecule has 1 heterocycles. The van der Waals surface area contributed by atoms with Gasteiger partial charge < -0.3 is 5.32 Å². The summed E-state index contributed by atoms with van der Waals surface area (Å²) in [4.78, 5) is 2.12. The molecule has 0 aromatic heterocycles. The Morgan fingerprint density at radius 3 is 2.79 bits per heavy atom. The van der Waals surface area contributed by atoms with Crippen molar-refractivity contribution in [2.45, 2.75) is 38.3 Å². The summed E-state index contributed by atoms with van der Waals surface area (Å²) in [6.07, 6.45) is 3.66. The maximum Gasteiger partial charge on any atom is 0.130 e. The van der Waals surface area contributed by atoms with E-state index in [0.717, 1.165) is 19.2 Å². The minimum atomic E-state index is -0.523. The van der Waals surface area contributed by atoms with Gasteiger partial charge in [0.05, 0.1) is 0 Å². The Morgan fingerprint density at radius 1 is 1.37 bits per heavy atom. The van der Waals surface area contributed by atoms with Gasteiger partial charge in [-0.05, 0) is 39.4 Å². The van der Waals surface area contributed by atoms with Gasteiger partial charge in [-0.3, -0.25) is 4.90 Å². The molecule has 2 rings (SSSR count). The zero-order valence-corrected chi connectivity index (χ0v) is 11.6. The van der Waals surface area contributed by atoms with Crippen LogP contribution in [0.4, 0.5) is 8.78 Å². The van der Waals surface area contributed by atoms with Gasteiger partial charge in [-0.2, -0.15) is 0 Å². The van der Waals surface area contributed by atoms with Crippen LogP contribution in [0, 0.1) is 11.6 Å². The Bertz CT molecular complexity index is 417. The second-order valence-corrected chi connectivity index (χ2v) is 5.43. The molecule has 0 radical (unpaired) electrons. The lowest BCUT2D eigenvalue weighted by molar-refractivity contribution is 0.211. The Morgan fingerprint density at radius 2 is 2.16 bits per heavy atom. The van der Waals surface area contributed by atoms with Crippen molar-refractivity contribution >= 4 is 0 Å². The van der Waals surface area contributed by atoms with Gasteiger partial charge in [0.2, 0.25) is 0 Å². The van der Waals surface area contributed by atoms with Crippen molar-refractivity contribution in [1.82, 2.24) is 10.2 Å². The molecule has 1 aromatic carbocycles. The highest BCUT2D eigenvalue weighted by Gasteiger charge is 2.20. The minimum absolute atomic E-state index is 0.0515. The number of hydrogen-bond acceptors (Lipinski definition) is 2. The van der Waals surface area contributed by atoms with Crippen LogP contribution in [0.3, 0.4) is 0 Å². The van der Waals surface area contributed by atoms with Crippen LogP contribution in [0.5, 0.6) is 0 Å².